The van der Waals surface area contributed by atoms with Crippen molar-refractivity contribution < 1.29 is 40.8 Å². The number of hydrogen-bond donors (Lipinski definition) is 1. The minimum Gasteiger partial charge on any atom is -1.00 e. The Balaban J connectivity index is 0.00000267. The fraction of sp³-hybridized carbons (Fsp3) is 0.367. The molecule has 1 N–H and O–H groups in total. The molecule has 7 rings (SSSR count). The molecule has 3 aromatic carbocycles. The number of fused-ring (bicyclic) bond motifs is 6. The van der Waals surface area contributed by atoms with Crippen molar-refractivity contribution in [1.82, 2.24) is 0 Å². The Morgan fingerprint density at radius 1 is 0.889 bits per heavy atom. The Hall–Kier alpha value is -2.67. The van der Waals surface area contributed by atoms with Crippen molar-refractivity contribution in [3.8, 4) is 16.9 Å². The van der Waals surface area contributed by atoms with Crippen molar-refractivity contribution in [3.63, 3.8) is 0 Å². The van der Waals surface area contributed by atoms with Crippen LogP contribution in [0.15, 0.2) is 78.9 Å². The van der Waals surface area contributed by atoms with Crippen molar-refractivity contribution in [2.24, 2.45) is 5.92 Å². The molecule has 1 atom stereocenters. The lowest BCUT2D eigenvalue weighted by molar-refractivity contribution is -0.946. The number of halogens is 1. The summed E-state index contributed by atoms with van der Waals surface area (Å²) in [4.78, 5) is 13.7. The molecule has 3 saturated heterocycles. The number of esters is 1. The van der Waals surface area contributed by atoms with Gasteiger partial charge in [0, 0.05) is 36.3 Å². The maximum atomic E-state index is 13.7. The Bertz CT molecular complexity index is 1180. The smallest absolute Gasteiger partial charge is 0.348 e. The summed E-state index contributed by atoms with van der Waals surface area (Å²) in [7, 11) is 0. The zero-order valence-corrected chi connectivity index (χ0v) is 21.9. The lowest BCUT2D eigenvalue weighted by atomic mass is 9.82. The molecule has 4 aliphatic rings. The summed E-state index contributed by atoms with van der Waals surface area (Å²) < 4.78 is 13.1. The van der Waals surface area contributed by atoms with Crippen molar-refractivity contribution in [3.05, 3.63) is 90.0 Å². The van der Waals surface area contributed by atoms with Gasteiger partial charge in [-0.3, -0.25) is 0 Å². The summed E-state index contributed by atoms with van der Waals surface area (Å²) in [6.45, 7) is 4.77. The second-order valence-electron chi connectivity index (χ2n) is 10.3. The van der Waals surface area contributed by atoms with E-state index in [-0.39, 0.29) is 23.1 Å². The summed E-state index contributed by atoms with van der Waals surface area (Å²) in [6, 6.07) is 25.2. The highest BCUT2D eigenvalue weighted by Gasteiger charge is 2.53. The van der Waals surface area contributed by atoms with Crippen LogP contribution in [-0.2, 0) is 15.1 Å². The molecule has 0 unspecified atom stereocenters. The van der Waals surface area contributed by atoms with Crippen LogP contribution < -0.4 is 21.7 Å². The number of nitrogens with zero attached hydrogens (tertiary/aromatic N) is 1. The van der Waals surface area contributed by atoms with Crippen LogP contribution in [0.2, 0.25) is 0 Å². The van der Waals surface area contributed by atoms with Crippen LogP contribution >= 0.6 is 0 Å². The van der Waals surface area contributed by atoms with Crippen molar-refractivity contribution >= 4 is 5.97 Å². The number of ether oxygens (including phenoxy) is 2. The first-order valence-corrected chi connectivity index (χ1v) is 12.7. The molecule has 0 amide bonds. The fourth-order valence-corrected chi connectivity index (χ4v) is 6.43. The van der Waals surface area contributed by atoms with Crippen LogP contribution in [0.4, 0.5) is 0 Å². The van der Waals surface area contributed by atoms with Crippen LogP contribution in [0.5, 0.6) is 5.75 Å². The minimum atomic E-state index is -1.76. The van der Waals surface area contributed by atoms with E-state index in [4.69, 9.17) is 9.47 Å². The maximum Gasteiger partial charge on any atom is 0.348 e. The number of carbonyl (C=O) groups excluding carboxylic acids is 1. The first kappa shape index (κ1) is 25.0. The van der Waals surface area contributed by atoms with Crippen LogP contribution in [0.25, 0.3) is 11.1 Å². The molecule has 36 heavy (non-hydrogen) atoms. The van der Waals surface area contributed by atoms with Gasteiger partial charge in [0.1, 0.15) is 12.3 Å². The van der Waals surface area contributed by atoms with Gasteiger partial charge in [-0.05, 0) is 23.3 Å². The zero-order valence-electron chi connectivity index (χ0n) is 20.3. The molecule has 0 saturated carbocycles. The first-order chi connectivity index (χ1) is 17.1. The monoisotopic (exact) mass is 549 g/mol. The average Bonchev–Trinajstić information content (AvgIpc) is 3.18. The highest BCUT2D eigenvalue weighted by atomic mass is 79.9. The van der Waals surface area contributed by atoms with Gasteiger partial charge in [0.2, 0.25) is 5.60 Å². The molecule has 3 heterocycles. The van der Waals surface area contributed by atoms with Gasteiger partial charge in [0.25, 0.3) is 0 Å². The predicted molar refractivity (Wildman–Crippen MR) is 134 cm³/mol. The van der Waals surface area contributed by atoms with Gasteiger partial charge in [0.05, 0.1) is 26.2 Å². The van der Waals surface area contributed by atoms with Crippen molar-refractivity contribution in [1.29, 1.82) is 0 Å². The number of hydrogen-bond acceptors (Lipinski definition) is 4. The molecular weight excluding hydrogens is 518 g/mol. The molecule has 2 bridgehead atoms. The number of benzene rings is 3. The van der Waals surface area contributed by atoms with E-state index in [0.717, 1.165) is 66.8 Å². The Labute approximate surface area is 223 Å². The van der Waals surface area contributed by atoms with E-state index >= 15 is 0 Å². The van der Waals surface area contributed by atoms with E-state index in [9.17, 15) is 9.90 Å². The number of rotatable bonds is 7. The Kier molecular flexibility index (Phi) is 6.95. The standard InChI is InChI=1S/C30H32NO4.BrH/c32-29(30(33)26-13-6-4-11-24(26)25-12-5-7-14-27(25)30)35-28-21-31(18-15-22(28)16-19-31)17-8-20-34-23-9-2-1-3-10-23;/h1-7,9-14,22,28,33H,8,15-21H2;1H/q+1;/p-1/t22?,28-,31?;/m0./s1. The number of carbonyl (C=O) groups is 1. The topological polar surface area (TPSA) is 55.8 Å². The second kappa shape index (κ2) is 10.0. The van der Waals surface area contributed by atoms with E-state index in [1.54, 1.807) is 0 Å². The van der Waals surface area contributed by atoms with Crippen LogP contribution in [0.1, 0.15) is 30.4 Å². The lowest BCUT2D eigenvalue weighted by Crippen LogP contribution is -3.00. The zero-order chi connectivity index (χ0) is 23.9. The van der Waals surface area contributed by atoms with Crippen molar-refractivity contribution in [2.75, 3.05) is 32.8 Å². The second-order valence-corrected chi connectivity index (χ2v) is 10.3. The largest absolute Gasteiger partial charge is 1.00 e. The Morgan fingerprint density at radius 3 is 2.11 bits per heavy atom. The number of quaternary nitrogens is 1. The Morgan fingerprint density at radius 2 is 1.47 bits per heavy atom. The number of piperidine rings is 3. The van der Waals surface area contributed by atoms with E-state index in [1.165, 1.54) is 0 Å². The van der Waals surface area contributed by atoms with Gasteiger partial charge in [-0.2, -0.15) is 0 Å². The summed E-state index contributed by atoms with van der Waals surface area (Å²) in [6.07, 6.45) is 2.92. The summed E-state index contributed by atoms with van der Waals surface area (Å²) >= 11 is 0. The predicted octanol–water partition coefficient (Wildman–Crippen LogP) is 1.53. The van der Waals surface area contributed by atoms with Gasteiger partial charge in [-0.15, -0.1) is 0 Å². The van der Waals surface area contributed by atoms with Gasteiger partial charge in [0.15, 0.2) is 6.10 Å². The third kappa shape index (κ3) is 4.25. The molecule has 188 valence electrons. The molecule has 5 nitrogen and oxygen atoms in total. The normalized spacial score (nSPS) is 24.8. The molecule has 0 radical (unpaired) electrons. The highest BCUT2D eigenvalue weighted by molar-refractivity contribution is 5.96. The quantitative estimate of drug-likeness (QED) is 0.276. The number of para-hydroxylation sites is 1. The SMILES string of the molecule is O=C(O[C@H]1C[N+]2(CCCOc3ccccc3)CCC1CC2)C1(O)c2ccccc2-c2ccccc21.[Br-]. The van der Waals surface area contributed by atoms with E-state index in [1.807, 2.05) is 78.9 Å². The highest BCUT2D eigenvalue weighted by Crippen LogP contribution is 2.48. The van der Waals surface area contributed by atoms with Gasteiger partial charge >= 0.3 is 5.97 Å². The van der Waals surface area contributed by atoms with E-state index in [0.29, 0.717) is 23.7 Å². The molecule has 3 fully saturated rings. The minimum absolute atomic E-state index is 0. The van der Waals surface area contributed by atoms with Crippen LogP contribution in [0.3, 0.4) is 0 Å². The summed E-state index contributed by atoms with van der Waals surface area (Å²) in [5.74, 6) is 0.733. The molecule has 6 heteroatoms. The third-order valence-electron chi connectivity index (χ3n) is 8.31. The fourth-order valence-electron chi connectivity index (χ4n) is 6.43. The molecule has 0 aromatic heterocycles. The molecule has 3 aromatic rings. The van der Waals surface area contributed by atoms with Gasteiger partial charge in [-0.1, -0.05) is 66.7 Å². The average molecular weight is 550 g/mol. The number of aliphatic hydroxyl groups is 1. The molecular formula is C30H32BrNO4. The van der Waals surface area contributed by atoms with Crippen LogP contribution in [-0.4, -0.2) is 54.4 Å². The van der Waals surface area contributed by atoms with Gasteiger partial charge < -0.3 is 36.0 Å². The molecule has 0 spiro atoms. The summed E-state index contributed by atoms with van der Waals surface area (Å²) in [5.41, 5.74) is 1.29. The third-order valence-corrected chi connectivity index (χ3v) is 8.31. The molecule has 1 aliphatic carbocycles. The van der Waals surface area contributed by atoms with Gasteiger partial charge in [-0.25, -0.2) is 4.79 Å². The first-order valence-electron chi connectivity index (χ1n) is 12.7. The maximum absolute atomic E-state index is 13.7. The van der Waals surface area contributed by atoms with E-state index < -0.39 is 11.6 Å². The van der Waals surface area contributed by atoms with E-state index in [2.05, 4.69) is 0 Å². The lowest BCUT2D eigenvalue weighted by Gasteiger charge is -2.52. The van der Waals surface area contributed by atoms with Crippen LogP contribution in [0, 0.1) is 5.92 Å². The summed E-state index contributed by atoms with van der Waals surface area (Å²) in [5, 5.41) is 11.8. The van der Waals surface area contributed by atoms with Crippen molar-refractivity contribution in [2.45, 2.75) is 31.0 Å². The molecule has 3 aliphatic heterocycles.